The molecule has 0 aliphatic carbocycles. The van der Waals surface area contributed by atoms with Crippen LogP contribution in [-0.4, -0.2) is 17.6 Å². The third-order valence-corrected chi connectivity index (χ3v) is 1.66. The molecule has 2 N–H and O–H groups in total. The highest BCUT2D eigenvalue weighted by Crippen LogP contribution is 2.04. The largest absolute Gasteiger partial charge is 0.481 e. The van der Waals surface area contributed by atoms with E-state index in [1.54, 1.807) is 6.92 Å². The van der Waals surface area contributed by atoms with Crippen molar-refractivity contribution in [1.29, 1.82) is 0 Å². The average molecular weight is 171 g/mol. The molecule has 0 aromatic carbocycles. The molecule has 12 heavy (non-hydrogen) atoms. The lowest BCUT2D eigenvalue weighted by Crippen LogP contribution is -2.15. The number of rotatable bonds is 6. The Balaban J connectivity index is 3.31. The summed E-state index contributed by atoms with van der Waals surface area (Å²) in [6, 6.07) is 0. The summed E-state index contributed by atoms with van der Waals surface area (Å²) >= 11 is 0. The first kappa shape index (κ1) is 11.0. The van der Waals surface area contributed by atoms with Gasteiger partial charge in [0.15, 0.2) is 0 Å². The number of aliphatic carboxylic acids is 1. The van der Waals surface area contributed by atoms with Crippen LogP contribution in [0.4, 0.5) is 0 Å². The Bertz CT molecular complexity index is 166. The molecule has 0 rings (SSSR count). The van der Waals surface area contributed by atoms with Gasteiger partial charge < -0.3 is 10.4 Å². The smallest absolute Gasteiger partial charge is 0.306 e. The van der Waals surface area contributed by atoms with Crippen molar-refractivity contribution in [1.82, 2.24) is 5.32 Å². The van der Waals surface area contributed by atoms with Crippen molar-refractivity contribution in [2.24, 2.45) is 5.92 Å². The van der Waals surface area contributed by atoms with Gasteiger partial charge in [-0.05, 0) is 19.8 Å². The van der Waals surface area contributed by atoms with E-state index in [2.05, 4.69) is 11.9 Å². The monoisotopic (exact) mass is 171 g/mol. The van der Waals surface area contributed by atoms with E-state index in [1.807, 2.05) is 6.92 Å². The van der Waals surface area contributed by atoms with E-state index in [0.29, 0.717) is 0 Å². The van der Waals surface area contributed by atoms with Crippen LogP contribution < -0.4 is 5.32 Å². The van der Waals surface area contributed by atoms with Crippen molar-refractivity contribution in [3.05, 3.63) is 12.3 Å². The zero-order valence-corrected chi connectivity index (χ0v) is 7.76. The van der Waals surface area contributed by atoms with Crippen molar-refractivity contribution in [3.8, 4) is 0 Å². The first-order valence-electron chi connectivity index (χ1n) is 4.16. The van der Waals surface area contributed by atoms with Gasteiger partial charge in [-0.25, -0.2) is 0 Å². The number of hydrogen-bond acceptors (Lipinski definition) is 2. The number of carboxylic acids is 1. The van der Waals surface area contributed by atoms with Crippen molar-refractivity contribution < 1.29 is 9.90 Å². The molecule has 0 spiro atoms. The predicted octanol–water partition coefficient (Wildman–Crippen LogP) is 1.61. The first-order chi connectivity index (χ1) is 5.54. The molecule has 0 aliphatic heterocycles. The molecule has 3 heteroatoms. The van der Waals surface area contributed by atoms with E-state index in [-0.39, 0.29) is 5.92 Å². The summed E-state index contributed by atoms with van der Waals surface area (Å²) in [6.45, 7) is 8.11. The molecular weight excluding hydrogens is 154 g/mol. The molecule has 0 saturated heterocycles. The fraction of sp³-hybridized carbons (Fsp3) is 0.667. The summed E-state index contributed by atoms with van der Waals surface area (Å²) in [7, 11) is 0. The highest BCUT2D eigenvalue weighted by molar-refractivity contribution is 5.69. The molecule has 0 unspecified atom stereocenters. The maximum absolute atomic E-state index is 10.4. The Labute approximate surface area is 73.5 Å². The molecule has 0 heterocycles. The lowest BCUT2D eigenvalue weighted by Gasteiger charge is -2.07. The van der Waals surface area contributed by atoms with E-state index >= 15 is 0 Å². The van der Waals surface area contributed by atoms with Gasteiger partial charge >= 0.3 is 5.97 Å². The van der Waals surface area contributed by atoms with E-state index in [4.69, 9.17) is 5.11 Å². The Kier molecular flexibility index (Phi) is 5.17. The Morgan fingerprint density at radius 2 is 2.25 bits per heavy atom. The van der Waals surface area contributed by atoms with E-state index in [0.717, 1.165) is 25.1 Å². The van der Waals surface area contributed by atoms with Crippen LogP contribution in [0, 0.1) is 5.92 Å². The molecule has 0 fully saturated rings. The molecule has 0 aromatic heterocycles. The molecular formula is C9H17NO2. The van der Waals surface area contributed by atoms with Crippen LogP contribution in [0.25, 0.3) is 0 Å². The number of nitrogens with one attached hydrogen (secondary N) is 1. The van der Waals surface area contributed by atoms with Crippen LogP contribution in [0.1, 0.15) is 26.7 Å². The van der Waals surface area contributed by atoms with Crippen LogP contribution in [0.5, 0.6) is 0 Å². The Hall–Kier alpha value is -0.990. The summed E-state index contributed by atoms with van der Waals surface area (Å²) in [4.78, 5) is 10.4. The third kappa shape index (κ3) is 5.77. The fourth-order valence-electron chi connectivity index (χ4n) is 0.834. The molecule has 1 atom stereocenters. The molecule has 0 aromatic rings. The predicted molar refractivity (Wildman–Crippen MR) is 48.9 cm³/mol. The van der Waals surface area contributed by atoms with Gasteiger partial charge in [-0.1, -0.05) is 13.5 Å². The zero-order chi connectivity index (χ0) is 9.56. The lowest BCUT2D eigenvalue weighted by molar-refractivity contribution is -0.141. The second kappa shape index (κ2) is 5.63. The standard InChI is InChI=1S/C9H17NO2/c1-7(2)10-6-4-5-8(3)9(11)12/h8,10H,1,4-6H2,2-3H3,(H,11,12)/t8-/m0/s1. The molecule has 0 aliphatic rings. The number of hydrogen-bond donors (Lipinski definition) is 2. The topological polar surface area (TPSA) is 49.3 Å². The van der Waals surface area contributed by atoms with Gasteiger partial charge in [0.25, 0.3) is 0 Å². The van der Waals surface area contributed by atoms with Gasteiger partial charge in [0, 0.05) is 12.2 Å². The molecule has 0 saturated carbocycles. The quantitative estimate of drug-likeness (QED) is 0.597. The van der Waals surface area contributed by atoms with Crippen molar-refractivity contribution in [2.75, 3.05) is 6.54 Å². The Morgan fingerprint density at radius 1 is 1.67 bits per heavy atom. The summed E-state index contributed by atoms with van der Waals surface area (Å²) in [5.41, 5.74) is 0.929. The van der Waals surface area contributed by atoms with Crippen molar-refractivity contribution in [2.45, 2.75) is 26.7 Å². The summed E-state index contributed by atoms with van der Waals surface area (Å²) in [5, 5.41) is 11.6. The zero-order valence-electron chi connectivity index (χ0n) is 7.76. The summed E-state index contributed by atoms with van der Waals surface area (Å²) in [5.74, 6) is -0.956. The molecule has 0 radical (unpaired) electrons. The SMILES string of the molecule is C=C(C)NCCC[C@H](C)C(=O)O. The maximum atomic E-state index is 10.4. The fourth-order valence-corrected chi connectivity index (χ4v) is 0.834. The lowest BCUT2D eigenvalue weighted by atomic mass is 10.1. The van der Waals surface area contributed by atoms with Crippen LogP contribution in [0.15, 0.2) is 12.3 Å². The van der Waals surface area contributed by atoms with Crippen LogP contribution in [0.2, 0.25) is 0 Å². The first-order valence-corrected chi connectivity index (χ1v) is 4.16. The van der Waals surface area contributed by atoms with Gasteiger partial charge in [0.1, 0.15) is 0 Å². The number of carbonyl (C=O) groups is 1. The van der Waals surface area contributed by atoms with Gasteiger partial charge in [-0.2, -0.15) is 0 Å². The maximum Gasteiger partial charge on any atom is 0.306 e. The minimum absolute atomic E-state index is 0.239. The van der Waals surface area contributed by atoms with E-state index in [9.17, 15) is 4.79 Å². The molecule has 70 valence electrons. The number of allylic oxidation sites excluding steroid dienone is 1. The summed E-state index contributed by atoms with van der Waals surface area (Å²) < 4.78 is 0. The minimum Gasteiger partial charge on any atom is -0.481 e. The average Bonchev–Trinajstić information content (AvgIpc) is 1.97. The highest BCUT2D eigenvalue weighted by atomic mass is 16.4. The van der Waals surface area contributed by atoms with Gasteiger partial charge in [-0.3, -0.25) is 4.79 Å². The highest BCUT2D eigenvalue weighted by Gasteiger charge is 2.08. The van der Waals surface area contributed by atoms with Gasteiger partial charge in [0.2, 0.25) is 0 Å². The Morgan fingerprint density at radius 3 is 2.67 bits per heavy atom. The minimum atomic E-state index is -0.717. The van der Waals surface area contributed by atoms with Crippen LogP contribution >= 0.6 is 0 Å². The van der Waals surface area contributed by atoms with Crippen molar-refractivity contribution >= 4 is 5.97 Å². The van der Waals surface area contributed by atoms with E-state index < -0.39 is 5.97 Å². The van der Waals surface area contributed by atoms with Crippen LogP contribution in [-0.2, 0) is 4.79 Å². The normalized spacial score (nSPS) is 12.2. The number of carboxylic acid groups (broad SMARTS) is 1. The van der Waals surface area contributed by atoms with Crippen LogP contribution in [0.3, 0.4) is 0 Å². The third-order valence-electron chi connectivity index (χ3n) is 1.66. The summed E-state index contributed by atoms with van der Waals surface area (Å²) in [6.07, 6.45) is 1.59. The molecule has 0 amide bonds. The van der Waals surface area contributed by atoms with Gasteiger partial charge in [0.05, 0.1) is 5.92 Å². The second-order valence-electron chi connectivity index (χ2n) is 3.09. The van der Waals surface area contributed by atoms with E-state index in [1.165, 1.54) is 0 Å². The van der Waals surface area contributed by atoms with Crippen molar-refractivity contribution in [3.63, 3.8) is 0 Å². The second-order valence-corrected chi connectivity index (χ2v) is 3.09. The molecule has 0 bridgehead atoms. The molecule has 3 nitrogen and oxygen atoms in total. The van der Waals surface area contributed by atoms with Gasteiger partial charge in [-0.15, -0.1) is 0 Å².